The molecule has 190 valence electrons. The van der Waals surface area contributed by atoms with E-state index in [9.17, 15) is 9.59 Å². The number of esters is 1. The number of amides is 1. The predicted octanol–water partition coefficient (Wildman–Crippen LogP) is 3.96. The minimum absolute atomic E-state index is 0.0465. The number of aryl methyl sites for hydroxylation is 1. The molecule has 0 aliphatic carbocycles. The monoisotopic (exact) mass is 490 g/mol. The highest BCUT2D eigenvalue weighted by atomic mass is 16.5. The van der Waals surface area contributed by atoms with Crippen molar-refractivity contribution >= 4 is 17.6 Å². The van der Waals surface area contributed by atoms with Crippen LogP contribution >= 0.6 is 0 Å². The van der Waals surface area contributed by atoms with Gasteiger partial charge in [-0.25, -0.2) is 4.68 Å². The molecule has 0 spiro atoms. The smallest absolute Gasteiger partial charge is 0.305 e. The second kappa shape index (κ2) is 11.3. The van der Waals surface area contributed by atoms with Gasteiger partial charge in [0.05, 0.1) is 25.6 Å². The van der Waals surface area contributed by atoms with Crippen LogP contribution in [0.15, 0.2) is 48.5 Å². The Bertz CT molecular complexity index is 1200. The molecule has 1 amide bonds. The molecule has 0 bridgehead atoms. The summed E-state index contributed by atoms with van der Waals surface area (Å²) in [6.07, 6.45) is 1.82. The van der Waals surface area contributed by atoms with Crippen molar-refractivity contribution in [2.75, 3.05) is 45.3 Å². The first-order valence-corrected chi connectivity index (χ1v) is 12.3. The van der Waals surface area contributed by atoms with E-state index in [1.807, 2.05) is 59.8 Å². The zero-order chi connectivity index (χ0) is 25.7. The van der Waals surface area contributed by atoms with Crippen LogP contribution in [0.1, 0.15) is 40.2 Å². The molecule has 0 saturated carbocycles. The highest BCUT2D eigenvalue weighted by Crippen LogP contribution is 2.23. The fraction of sp³-hybridized carbons (Fsp3) is 0.393. The summed E-state index contributed by atoms with van der Waals surface area (Å²) in [7, 11) is 3.07. The van der Waals surface area contributed by atoms with Crippen LogP contribution in [-0.4, -0.2) is 67.0 Å². The average Bonchev–Trinajstić information content (AvgIpc) is 3.06. The van der Waals surface area contributed by atoms with Gasteiger partial charge in [0.25, 0.3) is 5.91 Å². The van der Waals surface area contributed by atoms with Gasteiger partial charge in [0.1, 0.15) is 5.75 Å². The molecule has 0 radical (unpaired) electrons. The molecule has 1 aliphatic heterocycles. The summed E-state index contributed by atoms with van der Waals surface area (Å²) in [5.41, 5.74) is 5.63. The highest BCUT2D eigenvalue weighted by Gasteiger charge is 2.21. The number of benzene rings is 2. The topological polar surface area (TPSA) is 76.9 Å². The van der Waals surface area contributed by atoms with Gasteiger partial charge in [0.15, 0.2) is 0 Å². The van der Waals surface area contributed by atoms with Crippen molar-refractivity contribution in [1.29, 1.82) is 0 Å². The summed E-state index contributed by atoms with van der Waals surface area (Å²) in [5.74, 6) is 0.655. The van der Waals surface area contributed by atoms with Gasteiger partial charge in [-0.15, -0.1) is 0 Å². The number of hydrogen-bond donors (Lipinski definition) is 0. The molecule has 0 atom stereocenters. The van der Waals surface area contributed by atoms with Crippen molar-refractivity contribution in [3.63, 3.8) is 0 Å². The molecule has 0 N–H and O–H groups in total. The molecular weight excluding hydrogens is 456 g/mol. The van der Waals surface area contributed by atoms with Crippen molar-refractivity contribution in [3.05, 3.63) is 71.0 Å². The van der Waals surface area contributed by atoms with E-state index in [-0.39, 0.29) is 11.9 Å². The maximum absolute atomic E-state index is 13.3. The van der Waals surface area contributed by atoms with Crippen LogP contribution in [0.2, 0.25) is 0 Å². The normalized spacial score (nSPS) is 13.9. The Morgan fingerprint density at radius 1 is 0.889 bits per heavy atom. The fourth-order valence-electron chi connectivity index (χ4n) is 4.72. The third kappa shape index (κ3) is 5.53. The van der Waals surface area contributed by atoms with Crippen molar-refractivity contribution in [1.82, 2.24) is 14.7 Å². The van der Waals surface area contributed by atoms with Crippen LogP contribution in [0.5, 0.6) is 5.75 Å². The van der Waals surface area contributed by atoms with E-state index in [1.54, 1.807) is 7.11 Å². The molecule has 0 unspecified atom stereocenters. The van der Waals surface area contributed by atoms with E-state index in [4.69, 9.17) is 9.47 Å². The summed E-state index contributed by atoms with van der Waals surface area (Å²) in [4.78, 5) is 29.1. The fourth-order valence-corrected chi connectivity index (χ4v) is 4.72. The van der Waals surface area contributed by atoms with Crippen LogP contribution in [0.3, 0.4) is 0 Å². The van der Waals surface area contributed by atoms with Gasteiger partial charge >= 0.3 is 5.97 Å². The first-order chi connectivity index (χ1) is 17.4. The predicted molar refractivity (Wildman–Crippen MR) is 139 cm³/mol. The van der Waals surface area contributed by atoms with Crippen molar-refractivity contribution in [3.8, 4) is 11.4 Å². The largest absolute Gasteiger partial charge is 0.497 e. The summed E-state index contributed by atoms with van der Waals surface area (Å²) < 4.78 is 11.9. The number of aromatic nitrogens is 2. The van der Waals surface area contributed by atoms with Crippen LogP contribution in [0, 0.1) is 13.8 Å². The highest BCUT2D eigenvalue weighted by molar-refractivity contribution is 5.94. The molecule has 1 aliphatic rings. The van der Waals surface area contributed by atoms with E-state index in [0.29, 0.717) is 24.9 Å². The van der Waals surface area contributed by atoms with Gasteiger partial charge in [-0.3, -0.25) is 9.59 Å². The molecule has 2 aromatic carbocycles. The Labute approximate surface area is 212 Å². The van der Waals surface area contributed by atoms with Crippen molar-refractivity contribution in [2.24, 2.45) is 0 Å². The summed E-state index contributed by atoms with van der Waals surface area (Å²) in [6.45, 7) is 7.05. The molecular formula is C28H34N4O4. The molecule has 2 heterocycles. The molecule has 36 heavy (non-hydrogen) atoms. The summed E-state index contributed by atoms with van der Waals surface area (Å²) in [5, 5.41) is 4.66. The Morgan fingerprint density at radius 3 is 2.25 bits per heavy atom. The molecule has 8 nitrogen and oxygen atoms in total. The first-order valence-electron chi connectivity index (χ1n) is 12.3. The Hall–Kier alpha value is -3.81. The molecule has 3 aromatic rings. The number of hydrogen-bond acceptors (Lipinski definition) is 6. The van der Waals surface area contributed by atoms with Gasteiger partial charge < -0.3 is 19.3 Å². The van der Waals surface area contributed by atoms with E-state index in [1.165, 1.54) is 7.11 Å². The summed E-state index contributed by atoms with van der Waals surface area (Å²) >= 11 is 0. The Kier molecular flexibility index (Phi) is 7.93. The minimum Gasteiger partial charge on any atom is -0.497 e. The van der Waals surface area contributed by atoms with Crippen molar-refractivity contribution in [2.45, 2.75) is 33.1 Å². The van der Waals surface area contributed by atoms with Gasteiger partial charge in [0, 0.05) is 49.5 Å². The SMILES string of the molecule is COC(=O)CCc1c(C)nn(-c2ccc(C(=O)N3CCCN(c4ccc(OC)cc4)CC3)cc2)c1C. The van der Waals surface area contributed by atoms with E-state index in [0.717, 1.165) is 60.1 Å². The van der Waals surface area contributed by atoms with E-state index < -0.39 is 0 Å². The molecule has 8 heteroatoms. The Balaban J connectivity index is 1.42. The number of anilines is 1. The standard InChI is InChI=1S/C28H34N4O4/c1-20-26(14-15-27(33)36-4)21(2)32(29-20)24-8-6-22(7-9-24)28(34)31-17-5-16-30(18-19-31)23-10-12-25(35-3)13-11-23/h6-13H,5,14-19H2,1-4H3. The zero-order valence-electron chi connectivity index (χ0n) is 21.5. The maximum Gasteiger partial charge on any atom is 0.305 e. The van der Waals surface area contributed by atoms with E-state index in [2.05, 4.69) is 22.1 Å². The average molecular weight is 491 g/mol. The lowest BCUT2D eigenvalue weighted by molar-refractivity contribution is -0.140. The quantitative estimate of drug-likeness (QED) is 0.467. The third-order valence-corrected chi connectivity index (χ3v) is 6.83. The number of methoxy groups -OCH3 is 2. The number of rotatable bonds is 7. The lowest BCUT2D eigenvalue weighted by Crippen LogP contribution is -2.35. The van der Waals surface area contributed by atoms with Crippen LogP contribution < -0.4 is 9.64 Å². The lowest BCUT2D eigenvalue weighted by atomic mass is 10.1. The van der Waals surface area contributed by atoms with Crippen molar-refractivity contribution < 1.29 is 19.1 Å². The second-order valence-electron chi connectivity index (χ2n) is 9.02. The Morgan fingerprint density at radius 2 is 1.58 bits per heavy atom. The third-order valence-electron chi connectivity index (χ3n) is 6.83. The second-order valence-corrected chi connectivity index (χ2v) is 9.02. The van der Waals surface area contributed by atoms with Crippen LogP contribution in [-0.2, 0) is 16.0 Å². The number of carbonyl (C=O) groups excluding carboxylic acids is 2. The number of ether oxygens (including phenoxy) is 2. The number of nitrogens with zero attached hydrogens (tertiary/aromatic N) is 4. The molecule has 1 aromatic heterocycles. The molecule has 4 rings (SSSR count). The molecule has 1 fully saturated rings. The van der Waals surface area contributed by atoms with Crippen LogP contribution in [0.25, 0.3) is 5.69 Å². The van der Waals surface area contributed by atoms with Crippen LogP contribution in [0.4, 0.5) is 5.69 Å². The van der Waals surface area contributed by atoms with Gasteiger partial charge in [0.2, 0.25) is 0 Å². The number of carbonyl (C=O) groups is 2. The van der Waals surface area contributed by atoms with Gasteiger partial charge in [-0.05, 0) is 80.8 Å². The van der Waals surface area contributed by atoms with Gasteiger partial charge in [-0.1, -0.05) is 0 Å². The maximum atomic E-state index is 13.3. The summed E-state index contributed by atoms with van der Waals surface area (Å²) in [6, 6.07) is 15.7. The zero-order valence-corrected chi connectivity index (χ0v) is 21.5. The minimum atomic E-state index is -0.231. The first kappa shape index (κ1) is 25.3. The lowest BCUT2D eigenvalue weighted by Gasteiger charge is -2.24. The molecule has 1 saturated heterocycles. The van der Waals surface area contributed by atoms with Gasteiger partial charge in [-0.2, -0.15) is 5.10 Å². The van der Waals surface area contributed by atoms with E-state index >= 15 is 0 Å².